The van der Waals surface area contributed by atoms with Crippen LogP contribution in [0.2, 0.25) is 0 Å². The van der Waals surface area contributed by atoms with Gasteiger partial charge in [-0.05, 0) is 42.7 Å². The predicted molar refractivity (Wildman–Crippen MR) is 119 cm³/mol. The van der Waals surface area contributed by atoms with Gasteiger partial charge in [0, 0.05) is 64.1 Å². The number of benzene rings is 1. The minimum absolute atomic E-state index is 0.0251. The Morgan fingerprint density at radius 1 is 1.00 bits per heavy atom. The smallest absolute Gasteiger partial charge is 0.340 e. The van der Waals surface area contributed by atoms with Crippen molar-refractivity contribution in [2.45, 2.75) is 30.5 Å². The summed E-state index contributed by atoms with van der Waals surface area (Å²) in [7, 11) is -4.06. The van der Waals surface area contributed by atoms with Crippen LogP contribution in [-0.4, -0.2) is 72.7 Å². The zero-order valence-corrected chi connectivity index (χ0v) is 19.4. The highest BCUT2D eigenvalue weighted by atomic mass is 32.2. The Balaban J connectivity index is 1.30. The maximum Gasteiger partial charge on any atom is 0.416 e. The monoisotopic (exact) mass is 496 g/mol. The lowest BCUT2D eigenvalue weighted by atomic mass is 9.96. The summed E-state index contributed by atoms with van der Waals surface area (Å²) in [5.74, 6) is -0.255. The zero-order chi connectivity index (χ0) is 24.3. The van der Waals surface area contributed by atoms with E-state index in [1.54, 1.807) is 6.20 Å². The maximum atomic E-state index is 13.0. The van der Waals surface area contributed by atoms with Gasteiger partial charge in [-0.1, -0.05) is 12.1 Å². The van der Waals surface area contributed by atoms with E-state index in [-0.39, 0.29) is 29.8 Å². The number of carbonyl (C=O) groups excluding carboxylic acids is 1. The molecule has 0 N–H and O–H groups in total. The van der Waals surface area contributed by atoms with Gasteiger partial charge in [-0.25, -0.2) is 8.42 Å². The molecule has 7 nitrogen and oxygen atoms in total. The number of halogens is 3. The highest BCUT2D eigenvalue weighted by Gasteiger charge is 2.36. The third kappa shape index (κ3) is 5.59. The number of rotatable bonds is 5. The van der Waals surface area contributed by atoms with Crippen molar-refractivity contribution in [2.75, 3.05) is 39.3 Å². The van der Waals surface area contributed by atoms with Crippen molar-refractivity contribution in [3.05, 3.63) is 59.9 Å². The number of hydrogen-bond donors (Lipinski definition) is 0. The lowest BCUT2D eigenvalue weighted by Crippen LogP contribution is -2.51. The minimum Gasteiger partial charge on any atom is -0.340 e. The number of pyridine rings is 1. The number of piperazine rings is 1. The van der Waals surface area contributed by atoms with Crippen LogP contribution < -0.4 is 0 Å². The van der Waals surface area contributed by atoms with Crippen molar-refractivity contribution in [3.63, 3.8) is 0 Å². The van der Waals surface area contributed by atoms with E-state index in [0.29, 0.717) is 32.0 Å². The first-order valence-electron chi connectivity index (χ1n) is 11.2. The topological polar surface area (TPSA) is 73.8 Å². The Bertz CT molecular complexity index is 1100. The Hall–Kier alpha value is -2.50. The summed E-state index contributed by atoms with van der Waals surface area (Å²) >= 11 is 0. The molecule has 1 aromatic heterocycles. The second kappa shape index (κ2) is 10.0. The minimum atomic E-state index is -4.62. The van der Waals surface area contributed by atoms with E-state index >= 15 is 0 Å². The molecule has 0 bridgehead atoms. The van der Waals surface area contributed by atoms with E-state index in [1.807, 2.05) is 23.2 Å². The Kier molecular flexibility index (Phi) is 7.25. The molecular weight excluding hydrogens is 469 g/mol. The molecule has 4 rings (SSSR count). The van der Waals surface area contributed by atoms with Crippen LogP contribution in [0.1, 0.15) is 24.0 Å². The molecule has 2 aromatic rings. The van der Waals surface area contributed by atoms with Crippen molar-refractivity contribution in [1.29, 1.82) is 0 Å². The van der Waals surface area contributed by atoms with Crippen LogP contribution in [0.4, 0.5) is 13.2 Å². The van der Waals surface area contributed by atoms with Crippen molar-refractivity contribution in [2.24, 2.45) is 5.92 Å². The molecule has 0 saturated carbocycles. The van der Waals surface area contributed by atoms with Gasteiger partial charge in [0.2, 0.25) is 15.9 Å². The Morgan fingerprint density at radius 3 is 2.32 bits per heavy atom. The average molecular weight is 497 g/mol. The summed E-state index contributed by atoms with van der Waals surface area (Å²) in [6.07, 6.45) is -0.345. The highest BCUT2D eigenvalue weighted by Crippen LogP contribution is 2.32. The largest absolute Gasteiger partial charge is 0.416 e. The summed E-state index contributed by atoms with van der Waals surface area (Å²) in [4.78, 5) is 20.9. The van der Waals surface area contributed by atoms with Gasteiger partial charge in [0.1, 0.15) is 0 Å². The molecule has 2 saturated heterocycles. The zero-order valence-electron chi connectivity index (χ0n) is 18.6. The van der Waals surface area contributed by atoms with Crippen LogP contribution in [-0.2, 0) is 27.5 Å². The molecule has 1 amide bonds. The summed E-state index contributed by atoms with van der Waals surface area (Å²) in [5.41, 5.74) is 0.123. The van der Waals surface area contributed by atoms with Crippen LogP contribution in [0.15, 0.2) is 53.7 Å². The van der Waals surface area contributed by atoms with Gasteiger partial charge >= 0.3 is 6.18 Å². The fourth-order valence-corrected chi connectivity index (χ4v) is 5.98. The van der Waals surface area contributed by atoms with E-state index in [0.717, 1.165) is 37.3 Å². The first-order valence-corrected chi connectivity index (χ1v) is 12.7. The van der Waals surface area contributed by atoms with Crippen molar-refractivity contribution < 1.29 is 26.4 Å². The SMILES string of the molecule is O=C(C1CCN(S(=O)(=O)c2cccc(C(F)(F)F)c2)CC1)N1CCN(Cc2cccnc2)CC1. The van der Waals surface area contributed by atoms with Crippen molar-refractivity contribution >= 4 is 15.9 Å². The average Bonchev–Trinajstić information content (AvgIpc) is 2.84. The maximum absolute atomic E-state index is 13.0. The Labute approximate surface area is 197 Å². The molecule has 0 atom stereocenters. The Morgan fingerprint density at radius 2 is 1.71 bits per heavy atom. The quantitative estimate of drug-likeness (QED) is 0.637. The number of hydrogen-bond acceptors (Lipinski definition) is 5. The second-order valence-electron chi connectivity index (χ2n) is 8.67. The number of nitrogens with zero attached hydrogens (tertiary/aromatic N) is 4. The lowest BCUT2D eigenvalue weighted by molar-refractivity contribution is -0.139. The third-order valence-corrected chi connectivity index (χ3v) is 8.31. The summed E-state index contributed by atoms with van der Waals surface area (Å²) in [6, 6.07) is 7.70. The van der Waals surface area contributed by atoms with Crippen LogP contribution in [0.3, 0.4) is 0 Å². The van der Waals surface area contributed by atoms with Crippen LogP contribution >= 0.6 is 0 Å². The predicted octanol–water partition coefficient (Wildman–Crippen LogP) is 2.85. The van der Waals surface area contributed by atoms with Gasteiger partial charge in [-0.3, -0.25) is 14.7 Å². The number of piperidine rings is 1. The van der Waals surface area contributed by atoms with Crippen molar-refractivity contribution in [3.8, 4) is 0 Å². The van der Waals surface area contributed by atoms with Crippen LogP contribution in [0.5, 0.6) is 0 Å². The van der Waals surface area contributed by atoms with Crippen LogP contribution in [0.25, 0.3) is 0 Å². The first kappa shape index (κ1) is 24.6. The number of aromatic nitrogens is 1. The molecule has 34 heavy (non-hydrogen) atoms. The van der Waals surface area contributed by atoms with E-state index in [2.05, 4.69) is 9.88 Å². The fourth-order valence-electron chi connectivity index (χ4n) is 4.46. The summed E-state index contributed by atoms with van der Waals surface area (Å²) in [5, 5.41) is 0. The summed E-state index contributed by atoms with van der Waals surface area (Å²) in [6.45, 7) is 3.73. The number of alkyl halides is 3. The van der Waals surface area contributed by atoms with Crippen molar-refractivity contribution in [1.82, 2.24) is 19.1 Å². The van der Waals surface area contributed by atoms with Crippen LogP contribution in [0, 0.1) is 5.92 Å². The first-order chi connectivity index (χ1) is 16.1. The van der Waals surface area contributed by atoms with E-state index in [1.165, 1.54) is 10.4 Å². The molecule has 0 unspecified atom stereocenters. The van der Waals surface area contributed by atoms with E-state index < -0.39 is 21.8 Å². The van der Waals surface area contributed by atoms with Gasteiger partial charge in [-0.15, -0.1) is 0 Å². The molecule has 184 valence electrons. The van der Waals surface area contributed by atoms with E-state index in [9.17, 15) is 26.4 Å². The standard InChI is InChI=1S/C23H27F3N4O3S/c24-23(25,26)20-4-1-5-21(15-20)34(32,33)30-9-6-19(7-10-30)22(31)29-13-11-28(12-14-29)17-18-3-2-8-27-16-18/h1-5,8,15-16,19H,6-7,9-14,17H2. The lowest BCUT2D eigenvalue weighted by Gasteiger charge is -2.38. The number of sulfonamides is 1. The normalized spacial score (nSPS) is 19.3. The number of amides is 1. The molecular formula is C23H27F3N4O3S. The van der Waals surface area contributed by atoms with Gasteiger partial charge in [0.15, 0.2) is 0 Å². The molecule has 0 spiro atoms. The van der Waals surface area contributed by atoms with Gasteiger partial charge < -0.3 is 4.90 Å². The van der Waals surface area contributed by atoms with Gasteiger partial charge in [0.25, 0.3) is 0 Å². The van der Waals surface area contributed by atoms with Gasteiger partial charge in [-0.2, -0.15) is 17.5 Å². The molecule has 3 heterocycles. The molecule has 1 aromatic carbocycles. The summed E-state index contributed by atoms with van der Waals surface area (Å²) < 4.78 is 65.9. The molecule has 11 heteroatoms. The van der Waals surface area contributed by atoms with Gasteiger partial charge in [0.05, 0.1) is 10.5 Å². The second-order valence-corrected chi connectivity index (χ2v) is 10.6. The highest BCUT2D eigenvalue weighted by molar-refractivity contribution is 7.89. The number of carbonyl (C=O) groups is 1. The molecule has 0 radical (unpaired) electrons. The fraction of sp³-hybridized carbons (Fsp3) is 0.478. The van der Waals surface area contributed by atoms with E-state index in [4.69, 9.17) is 0 Å². The molecule has 2 aliphatic rings. The molecule has 0 aliphatic carbocycles. The molecule has 2 aliphatic heterocycles. The molecule has 2 fully saturated rings. The third-order valence-electron chi connectivity index (χ3n) is 6.42.